The molecule has 1 aromatic rings. The molecule has 4 heteroatoms. The second kappa shape index (κ2) is 5.61. The summed E-state index contributed by atoms with van der Waals surface area (Å²) in [7, 11) is 0. The Morgan fingerprint density at radius 2 is 2.05 bits per heavy atom. The van der Waals surface area contributed by atoms with E-state index in [9.17, 15) is 0 Å². The monoisotopic (exact) mass is 261 g/mol. The van der Waals surface area contributed by atoms with Crippen molar-refractivity contribution in [2.24, 2.45) is 5.16 Å². The lowest BCUT2D eigenvalue weighted by atomic mass is 9.89. The summed E-state index contributed by atoms with van der Waals surface area (Å²) in [6, 6.07) is 6.01. The van der Waals surface area contributed by atoms with Crippen molar-refractivity contribution < 1.29 is 14.7 Å². The van der Waals surface area contributed by atoms with Crippen molar-refractivity contribution in [2.75, 3.05) is 13.2 Å². The molecule has 1 saturated heterocycles. The van der Waals surface area contributed by atoms with Crippen LogP contribution in [-0.2, 0) is 11.2 Å². The fourth-order valence-corrected chi connectivity index (χ4v) is 2.85. The number of oxime groups is 1. The van der Waals surface area contributed by atoms with Gasteiger partial charge in [0.25, 0.3) is 0 Å². The van der Waals surface area contributed by atoms with E-state index in [2.05, 4.69) is 5.16 Å². The fraction of sp³-hybridized carbons (Fsp3) is 0.533. The number of benzene rings is 1. The van der Waals surface area contributed by atoms with Gasteiger partial charge < -0.3 is 14.7 Å². The van der Waals surface area contributed by atoms with Crippen molar-refractivity contribution in [1.29, 1.82) is 0 Å². The predicted molar refractivity (Wildman–Crippen MR) is 72.2 cm³/mol. The van der Waals surface area contributed by atoms with Gasteiger partial charge in [-0.1, -0.05) is 17.3 Å². The van der Waals surface area contributed by atoms with Crippen molar-refractivity contribution in [2.45, 2.75) is 38.2 Å². The normalized spacial score (nSPS) is 22.2. The molecule has 4 nitrogen and oxygen atoms in total. The average Bonchev–Trinajstić information content (AvgIpc) is 2.48. The Labute approximate surface area is 113 Å². The molecule has 19 heavy (non-hydrogen) atoms. The molecule has 0 aromatic heterocycles. The van der Waals surface area contributed by atoms with Gasteiger partial charge >= 0.3 is 0 Å². The lowest BCUT2D eigenvalue weighted by Crippen LogP contribution is -2.26. The zero-order valence-electron chi connectivity index (χ0n) is 11.0. The Kier molecular flexibility index (Phi) is 3.69. The van der Waals surface area contributed by atoms with Crippen LogP contribution < -0.4 is 4.74 Å². The van der Waals surface area contributed by atoms with Crippen molar-refractivity contribution in [3.8, 4) is 5.75 Å². The Hall–Kier alpha value is -1.55. The van der Waals surface area contributed by atoms with Gasteiger partial charge in [-0.15, -0.1) is 0 Å². The molecule has 0 atom stereocenters. The van der Waals surface area contributed by atoms with Crippen LogP contribution in [0, 0.1) is 0 Å². The number of hydrogen-bond donors (Lipinski definition) is 1. The summed E-state index contributed by atoms with van der Waals surface area (Å²) in [4.78, 5) is 0. The largest absolute Gasteiger partial charge is 0.490 e. The van der Waals surface area contributed by atoms with Crippen LogP contribution in [0.2, 0.25) is 0 Å². The first kappa shape index (κ1) is 12.5. The molecular weight excluding hydrogens is 242 g/mol. The van der Waals surface area contributed by atoms with E-state index in [1.807, 2.05) is 18.2 Å². The minimum atomic E-state index is 0.247. The second-order valence-electron chi connectivity index (χ2n) is 5.11. The SMILES string of the molecule is ON=C1CCCc2c(OC3CCOCC3)cccc21. The highest BCUT2D eigenvalue weighted by Gasteiger charge is 2.22. The van der Waals surface area contributed by atoms with Crippen molar-refractivity contribution in [1.82, 2.24) is 0 Å². The van der Waals surface area contributed by atoms with Crippen LogP contribution >= 0.6 is 0 Å². The molecule has 3 rings (SSSR count). The molecule has 0 saturated carbocycles. The molecule has 1 aliphatic heterocycles. The molecule has 0 amide bonds. The van der Waals surface area contributed by atoms with E-state index < -0.39 is 0 Å². The molecule has 0 spiro atoms. The number of hydrogen-bond acceptors (Lipinski definition) is 4. The van der Waals surface area contributed by atoms with E-state index in [4.69, 9.17) is 14.7 Å². The fourth-order valence-electron chi connectivity index (χ4n) is 2.85. The van der Waals surface area contributed by atoms with Crippen molar-refractivity contribution in [3.63, 3.8) is 0 Å². The van der Waals surface area contributed by atoms with Gasteiger partial charge in [0.15, 0.2) is 0 Å². The van der Waals surface area contributed by atoms with Gasteiger partial charge in [-0.25, -0.2) is 0 Å². The van der Waals surface area contributed by atoms with Crippen molar-refractivity contribution in [3.05, 3.63) is 29.3 Å². The molecule has 1 heterocycles. The molecule has 2 aliphatic rings. The molecule has 1 aromatic carbocycles. The van der Waals surface area contributed by atoms with Crippen LogP contribution in [0.25, 0.3) is 0 Å². The number of fused-ring (bicyclic) bond motifs is 1. The van der Waals surface area contributed by atoms with Gasteiger partial charge in [-0.2, -0.15) is 0 Å². The van der Waals surface area contributed by atoms with Crippen LogP contribution in [0.4, 0.5) is 0 Å². The third kappa shape index (κ3) is 2.59. The second-order valence-corrected chi connectivity index (χ2v) is 5.11. The van der Waals surface area contributed by atoms with Crippen molar-refractivity contribution >= 4 is 5.71 Å². The van der Waals surface area contributed by atoms with E-state index >= 15 is 0 Å². The number of ether oxygens (including phenoxy) is 2. The Balaban J connectivity index is 1.85. The highest BCUT2D eigenvalue weighted by atomic mass is 16.5. The highest BCUT2D eigenvalue weighted by Crippen LogP contribution is 2.31. The predicted octanol–water partition coefficient (Wildman–Crippen LogP) is 2.76. The van der Waals surface area contributed by atoms with E-state index in [0.29, 0.717) is 0 Å². The lowest BCUT2D eigenvalue weighted by Gasteiger charge is -2.26. The van der Waals surface area contributed by atoms with E-state index in [0.717, 1.165) is 62.3 Å². The quantitative estimate of drug-likeness (QED) is 0.658. The smallest absolute Gasteiger partial charge is 0.123 e. The van der Waals surface area contributed by atoms with E-state index in [1.165, 1.54) is 5.56 Å². The lowest BCUT2D eigenvalue weighted by molar-refractivity contribution is 0.0251. The first-order valence-corrected chi connectivity index (χ1v) is 6.96. The standard InChI is InChI=1S/C15H19NO3/c17-16-14-5-1-4-13-12(14)3-2-6-15(13)19-11-7-9-18-10-8-11/h2-3,6,11,17H,1,4-5,7-10H2. The highest BCUT2D eigenvalue weighted by molar-refractivity contribution is 6.02. The molecule has 1 N–H and O–H groups in total. The maximum Gasteiger partial charge on any atom is 0.123 e. The summed E-state index contributed by atoms with van der Waals surface area (Å²) < 4.78 is 11.5. The summed E-state index contributed by atoms with van der Waals surface area (Å²) in [5.74, 6) is 0.949. The minimum absolute atomic E-state index is 0.247. The third-order valence-corrected chi connectivity index (χ3v) is 3.87. The molecule has 0 unspecified atom stereocenters. The van der Waals surface area contributed by atoms with Gasteiger partial charge in [-0.3, -0.25) is 0 Å². The summed E-state index contributed by atoms with van der Waals surface area (Å²) >= 11 is 0. The molecular formula is C15H19NO3. The summed E-state index contributed by atoms with van der Waals surface area (Å²) in [6.45, 7) is 1.56. The topological polar surface area (TPSA) is 51.1 Å². The summed E-state index contributed by atoms with van der Waals surface area (Å²) in [5.41, 5.74) is 3.00. The van der Waals surface area contributed by atoms with Gasteiger partial charge in [0.05, 0.1) is 18.9 Å². The van der Waals surface area contributed by atoms with Gasteiger partial charge in [-0.05, 0) is 25.3 Å². The summed E-state index contributed by atoms with van der Waals surface area (Å²) in [6.07, 6.45) is 4.99. The van der Waals surface area contributed by atoms with Gasteiger partial charge in [0.2, 0.25) is 0 Å². The number of rotatable bonds is 2. The summed E-state index contributed by atoms with van der Waals surface area (Å²) in [5, 5.41) is 12.5. The van der Waals surface area contributed by atoms with E-state index in [1.54, 1.807) is 0 Å². The Morgan fingerprint density at radius 3 is 2.84 bits per heavy atom. The maximum absolute atomic E-state index is 9.08. The zero-order valence-corrected chi connectivity index (χ0v) is 11.0. The molecule has 102 valence electrons. The zero-order chi connectivity index (χ0) is 13.1. The molecule has 1 aliphatic carbocycles. The van der Waals surface area contributed by atoms with Crippen LogP contribution in [0.3, 0.4) is 0 Å². The van der Waals surface area contributed by atoms with Crippen LogP contribution in [-0.4, -0.2) is 30.2 Å². The van der Waals surface area contributed by atoms with Gasteiger partial charge in [0, 0.05) is 24.0 Å². The molecule has 1 fully saturated rings. The van der Waals surface area contributed by atoms with E-state index in [-0.39, 0.29) is 6.10 Å². The molecule has 0 bridgehead atoms. The van der Waals surface area contributed by atoms with Gasteiger partial charge in [0.1, 0.15) is 11.9 Å². The molecule has 0 radical (unpaired) electrons. The maximum atomic E-state index is 9.08. The van der Waals surface area contributed by atoms with Crippen LogP contribution in [0.1, 0.15) is 36.8 Å². The van der Waals surface area contributed by atoms with Crippen LogP contribution in [0.15, 0.2) is 23.4 Å². The first-order chi connectivity index (χ1) is 9.38. The Morgan fingerprint density at radius 1 is 1.21 bits per heavy atom. The first-order valence-electron chi connectivity index (χ1n) is 6.96. The van der Waals surface area contributed by atoms with Crippen LogP contribution in [0.5, 0.6) is 5.75 Å². The third-order valence-electron chi connectivity index (χ3n) is 3.87. The average molecular weight is 261 g/mol. The number of nitrogens with zero attached hydrogens (tertiary/aromatic N) is 1. The minimum Gasteiger partial charge on any atom is -0.490 e. The Bertz CT molecular complexity index is 478.